The highest BCUT2D eigenvalue weighted by Gasteiger charge is 2.21. The Balaban J connectivity index is 1.60. The van der Waals surface area contributed by atoms with Gasteiger partial charge in [-0.1, -0.05) is 54.8 Å². The van der Waals surface area contributed by atoms with Crippen molar-refractivity contribution < 1.29 is 14.4 Å². The molecule has 0 aromatic heterocycles. The SMILES string of the molecule is Cc1cccc(CNC(=O)C(=O)Nc2ccccc2C(=O)NC2CCCC2)c1. The highest BCUT2D eigenvalue weighted by atomic mass is 16.2. The Kier molecular flexibility index (Phi) is 6.42. The van der Waals surface area contributed by atoms with Crippen molar-refractivity contribution in [1.82, 2.24) is 10.6 Å². The topological polar surface area (TPSA) is 87.3 Å². The maximum atomic E-state index is 12.6. The van der Waals surface area contributed by atoms with Crippen LogP contribution in [0, 0.1) is 6.92 Å². The molecule has 2 aromatic rings. The van der Waals surface area contributed by atoms with Gasteiger partial charge in [0.25, 0.3) is 5.91 Å². The Morgan fingerprint density at radius 1 is 0.964 bits per heavy atom. The zero-order valence-electron chi connectivity index (χ0n) is 16.0. The molecule has 1 aliphatic rings. The van der Waals surface area contributed by atoms with E-state index in [9.17, 15) is 14.4 Å². The molecule has 0 saturated heterocycles. The van der Waals surface area contributed by atoms with Crippen molar-refractivity contribution in [1.29, 1.82) is 0 Å². The summed E-state index contributed by atoms with van der Waals surface area (Å²) in [5.41, 5.74) is 2.68. The summed E-state index contributed by atoms with van der Waals surface area (Å²) in [6.45, 7) is 2.23. The van der Waals surface area contributed by atoms with Gasteiger partial charge < -0.3 is 16.0 Å². The number of para-hydroxylation sites is 1. The van der Waals surface area contributed by atoms with Gasteiger partial charge in [-0.05, 0) is 37.5 Å². The van der Waals surface area contributed by atoms with Crippen LogP contribution in [0.5, 0.6) is 0 Å². The van der Waals surface area contributed by atoms with E-state index in [2.05, 4.69) is 16.0 Å². The number of amides is 3. The zero-order chi connectivity index (χ0) is 19.9. The molecule has 2 aromatic carbocycles. The molecule has 0 aliphatic heterocycles. The monoisotopic (exact) mass is 379 g/mol. The highest BCUT2D eigenvalue weighted by molar-refractivity contribution is 6.40. The molecule has 6 heteroatoms. The Bertz CT molecular complexity index is 873. The van der Waals surface area contributed by atoms with Crippen molar-refractivity contribution in [2.24, 2.45) is 0 Å². The Hall–Kier alpha value is -3.15. The fraction of sp³-hybridized carbons (Fsp3) is 0.318. The molecule has 0 heterocycles. The number of benzene rings is 2. The van der Waals surface area contributed by atoms with Crippen LogP contribution in [-0.4, -0.2) is 23.8 Å². The molecule has 1 saturated carbocycles. The third-order valence-electron chi connectivity index (χ3n) is 4.85. The average molecular weight is 379 g/mol. The van der Waals surface area contributed by atoms with Crippen LogP contribution in [0.2, 0.25) is 0 Å². The van der Waals surface area contributed by atoms with Crippen molar-refractivity contribution in [2.45, 2.75) is 45.2 Å². The summed E-state index contributed by atoms with van der Waals surface area (Å²) in [5.74, 6) is -1.77. The van der Waals surface area contributed by atoms with Gasteiger partial charge in [-0.3, -0.25) is 14.4 Å². The van der Waals surface area contributed by atoms with E-state index in [0.717, 1.165) is 36.8 Å². The fourth-order valence-corrected chi connectivity index (χ4v) is 3.39. The predicted molar refractivity (Wildman–Crippen MR) is 108 cm³/mol. The van der Waals surface area contributed by atoms with Gasteiger partial charge in [0.2, 0.25) is 0 Å². The molecule has 28 heavy (non-hydrogen) atoms. The molecule has 1 fully saturated rings. The number of carbonyl (C=O) groups excluding carboxylic acids is 3. The molecule has 6 nitrogen and oxygen atoms in total. The van der Waals surface area contributed by atoms with E-state index in [1.54, 1.807) is 24.3 Å². The molecular weight excluding hydrogens is 354 g/mol. The average Bonchev–Trinajstić information content (AvgIpc) is 3.19. The lowest BCUT2D eigenvalue weighted by Crippen LogP contribution is -2.36. The molecule has 3 amide bonds. The summed E-state index contributed by atoms with van der Waals surface area (Å²) in [5, 5.41) is 8.15. The first-order valence-corrected chi connectivity index (χ1v) is 9.57. The second-order valence-electron chi connectivity index (χ2n) is 7.13. The number of nitrogens with one attached hydrogen (secondary N) is 3. The Morgan fingerprint density at radius 3 is 2.46 bits per heavy atom. The summed E-state index contributed by atoms with van der Waals surface area (Å²) >= 11 is 0. The lowest BCUT2D eigenvalue weighted by atomic mass is 10.1. The Labute approximate surface area is 164 Å². The summed E-state index contributed by atoms with van der Waals surface area (Å²) in [6, 6.07) is 14.6. The van der Waals surface area contributed by atoms with Gasteiger partial charge in [0.05, 0.1) is 11.3 Å². The van der Waals surface area contributed by atoms with E-state index >= 15 is 0 Å². The molecule has 3 rings (SSSR count). The lowest BCUT2D eigenvalue weighted by molar-refractivity contribution is -0.136. The van der Waals surface area contributed by atoms with Crippen LogP contribution in [0.15, 0.2) is 48.5 Å². The molecule has 0 spiro atoms. The van der Waals surface area contributed by atoms with E-state index in [1.807, 2.05) is 31.2 Å². The van der Waals surface area contributed by atoms with Crippen molar-refractivity contribution in [3.63, 3.8) is 0 Å². The fourth-order valence-electron chi connectivity index (χ4n) is 3.39. The van der Waals surface area contributed by atoms with E-state index in [-0.39, 0.29) is 18.5 Å². The maximum absolute atomic E-state index is 12.6. The quantitative estimate of drug-likeness (QED) is 0.698. The van der Waals surface area contributed by atoms with Gasteiger partial charge in [-0.2, -0.15) is 0 Å². The van der Waals surface area contributed by atoms with Crippen molar-refractivity contribution >= 4 is 23.4 Å². The first kappa shape index (κ1) is 19.6. The Morgan fingerprint density at radius 2 is 1.71 bits per heavy atom. The summed E-state index contributed by atoms with van der Waals surface area (Å²) in [4.78, 5) is 37.0. The van der Waals surface area contributed by atoms with Crippen LogP contribution in [0.1, 0.15) is 47.2 Å². The molecular formula is C22H25N3O3. The minimum atomic E-state index is -0.797. The van der Waals surface area contributed by atoms with E-state index in [1.165, 1.54) is 0 Å². The van der Waals surface area contributed by atoms with Crippen LogP contribution >= 0.6 is 0 Å². The third-order valence-corrected chi connectivity index (χ3v) is 4.85. The standard InChI is InChI=1S/C22H25N3O3/c1-15-7-6-8-16(13-15)14-23-21(27)22(28)25-19-12-5-4-11-18(19)20(26)24-17-9-2-3-10-17/h4-8,11-13,17H,2-3,9-10,14H2,1H3,(H,23,27)(H,24,26)(H,25,28). The van der Waals surface area contributed by atoms with Crippen LogP contribution in [0.3, 0.4) is 0 Å². The molecule has 0 bridgehead atoms. The maximum Gasteiger partial charge on any atom is 0.313 e. The van der Waals surface area contributed by atoms with Gasteiger partial charge in [-0.25, -0.2) is 0 Å². The van der Waals surface area contributed by atoms with Crippen LogP contribution in [0.25, 0.3) is 0 Å². The summed E-state index contributed by atoms with van der Waals surface area (Å²) in [7, 11) is 0. The number of anilines is 1. The van der Waals surface area contributed by atoms with Crippen molar-refractivity contribution in [2.75, 3.05) is 5.32 Å². The van der Waals surface area contributed by atoms with E-state index < -0.39 is 11.8 Å². The number of aryl methyl sites for hydroxylation is 1. The molecule has 3 N–H and O–H groups in total. The first-order chi connectivity index (χ1) is 13.5. The largest absolute Gasteiger partial charge is 0.349 e. The second-order valence-corrected chi connectivity index (χ2v) is 7.13. The molecule has 146 valence electrons. The predicted octanol–water partition coefficient (Wildman–Crippen LogP) is 2.92. The van der Waals surface area contributed by atoms with Gasteiger partial charge in [-0.15, -0.1) is 0 Å². The normalized spacial score (nSPS) is 13.8. The highest BCUT2D eigenvalue weighted by Crippen LogP contribution is 2.20. The van der Waals surface area contributed by atoms with Gasteiger partial charge in [0.1, 0.15) is 0 Å². The number of carbonyl (C=O) groups is 3. The number of rotatable bonds is 5. The second kappa shape index (κ2) is 9.17. The van der Waals surface area contributed by atoms with Crippen molar-refractivity contribution in [3.05, 3.63) is 65.2 Å². The molecule has 0 radical (unpaired) electrons. The minimum Gasteiger partial charge on any atom is -0.349 e. The third kappa shape index (κ3) is 5.19. The molecule has 0 atom stereocenters. The lowest BCUT2D eigenvalue weighted by Gasteiger charge is -2.15. The smallest absolute Gasteiger partial charge is 0.313 e. The zero-order valence-corrected chi connectivity index (χ0v) is 16.0. The van der Waals surface area contributed by atoms with E-state index in [4.69, 9.17) is 0 Å². The first-order valence-electron chi connectivity index (χ1n) is 9.57. The number of hydrogen-bond acceptors (Lipinski definition) is 3. The van der Waals surface area contributed by atoms with Crippen molar-refractivity contribution in [3.8, 4) is 0 Å². The number of hydrogen-bond donors (Lipinski definition) is 3. The molecule has 1 aliphatic carbocycles. The van der Waals surface area contributed by atoms with Crippen LogP contribution in [0.4, 0.5) is 5.69 Å². The van der Waals surface area contributed by atoms with Gasteiger partial charge >= 0.3 is 11.8 Å². The summed E-state index contributed by atoms with van der Waals surface area (Å²) < 4.78 is 0. The van der Waals surface area contributed by atoms with Crippen LogP contribution < -0.4 is 16.0 Å². The van der Waals surface area contributed by atoms with Gasteiger partial charge in [0, 0.05) is 12.6 Å². The summed E-state index contributed by atoms with van der Waals surface area (Å²) in [6.07, 6.45) is 4.18. The van der Waals surface area contributed by atoms with Gasteiger partial charge in [0.15, 0.2) is 0 Å². The minimum absolute atomic E-state index is 0.175. The van der Waals surface area contributed by atoms with Crippen LogP contribution in [-0.2, 0) is 16.1 Å². The van der Waals surface area contributed by atoms with E-state index in [0.29, 0.717) is 11.3 Å². The molecule has 0 unspecified atom stereocenters.